The van der Waals surface area contributed by atoms with Gasteiger partial charge in [0.1, 0.15) is 11.6 Å². The van der Waals surface area contributed by atoms with Crippen molar-refractivity contribution in [2.24, 2.45) is 0 Å². The summed E-state index contributed by atoms with van der Waals surface area (Å²) in [6.45, 7) is 4.23. The van der Waals surface area contributed by atoms with E-state index < -0.39 is 0 Å². The summed E-state index contributed by atoms with van der Waals surface area (Å²) in [7, 11) is 0. The molecule has 0 saturated carbocycles. The molecule has 4 aromatic rings. The molecule has 0 radical (unpaired) electrons. The highest BCUT2D eigenvalue weighted by molar-refractivity contribution is 5.87. The zero-order chi connectivity index (χ0) is 21.1. The summed E-state index contributed by atoms with van der Waals surface area (Å²) in [5.41, 5.74) is 8.60. The predicted molar refractivity (Wildman–Crippen MR) is 116 cm³/mol. The van der Waals surface area contributed by atoms with Crippen molar-refractivity contribution in [3.05, 3.63) is 77.0 Å². The number of nitrogens with zero attached hydrogens (tertiary/aromatic N) is 4. The highest BCUT2D eigenvalue weighted by atomic mass is 16.3. The molecule has 3 aromatic heterocycles. The number of nitrogen functional groups attached to an aromatic ring is 1. The molecule has 0 aliphatic carbocycles. The van der Waals surface area contributed by atoms with Crippen LogP contribution in [0.1, 0.15) is 25.6 Å². The molecular weight excluding hydrogens is 380 g/mol. The lowest BCUT2D eigenvalue weighted by Gasteiger charge is -2.16. The molecule has 0 atom stereocenters. The average molecular weight is 402 g/mol. The van der Waals surface area contributed by atoms with Gasteiger partial charge in [-0.25, -0.2) is 9.67 Å². The number of furan rings is 1. The molecule has 152 valence electrons. The first-order chi connectivity index (χ1) is 14.5. The lowest BCUT2D eigenvalue weighted by Crippen LogP contribution is -2.24. The summed E-state index contributed by atoms with van der Waals surface area (Å²) >= 11 is 0. The Morgan fingerprint density at radius 1 is 1.07 bits per heavy atom. The van der Waals surface area contributed by atoms with Crippen LogP contribution in [-0.4, -0.2) is 19.7 Å². The monoisotopic (exact) mass is 402 g/mol. The van der Waals surface area contributed by atoms with Gasteiger partial charge in [0, 0.05) is 11.6 Å². The van der Waals surface area contributed by atoms with Crippen LogP contribution in [0.2, 0.25) is 0 Å². The number of benzene rings is 1. The van der Waals surface area contributed by atoms with Crippen molar-refractivity contribution in [2.75, 3.05) is 11.1 Å². The summed E-state index contributed by atoms with van der Waals surface area (Å²) in [4.78, 5) is 21.2. The summed E-state index contributed by atoms with van der Waals surface area (Å²) in [5, 5.41) is 7.86. The molecule has 3 N–H and O–H groups in total. The first kappa shape index (κ1) is 19.4. The molecule has 30 heavy (non-hydrogen) atoms. The number of anilines is 2. The number of rotatable bonds is 6. The van der Waals surface area contributed by atoms with E-state index in [2.05, 4.69) is 20.4 Å². The maximum atomic E-state index is 12.2. The van der Waals surface area contributed by atoms with Crippen LogP contribution < -0.4 is 16.6 Å². The fourth-order valence-corrected chi connectivity index (χ4v) is 3.17. The van der Waals surface area contributed by atoms with Crippen LogP contribution in [0.15, 0.2) is 70.1 Å². The van der Waals surface area contributed by atoms with E-state index in [1.54, 1.807) is 12.3 Å². The van der Waals surface area contributed by atoms with Crippen LogP contribution in [0.4, 0.5) is 11.8 Å². The Labute approximate surface area is 173 Å². The van der Waals surface area contributed by atoms with Gasteiger partial charge in [0.15, 0.2) is 0 Å². The van der Waals surface area contributed by atoms with Crippen LogP contribution in [0.5, 0.6) is 0 Å². The normalized spacial score (nSPS) is 11.0. The topological polar surface area (TPSA) is 112 Å². The molecule has 0 unspecified atom stereocenters. The van der Waals surface area contributed by atoms with E-state index >= 15 is 0 Å². The number of aromatic nitrogens is 4. The second kappa shape index (κ2) is 8.20. The number of nitrogens with two attached hydrogens (primary N) is 1. The van der Waals surface area contributed by atoms with Gasteiger partial charge in [-0.2, -0.15) is 10.1 Å². The molecule has 0 amide bonds. The third-order valence-electron chi connectivity index (χ3n) is 4.55. The second-order valence-electron chi connectivity index (χ2n) is 7.05. The Morgan fingerprint density at radius 3 is 2.57 bits per heavy atom. The molecule has 3 heterocycles. The average Bonchev–Trinajstić information content (AvgIpc) is 3.26. The summed E-state index contributed by atoms with van der Waals surface area (Å²) in [5.74, 6) is 1.40. The summed E-state index contributed by atoms with van der Waals surface area (Å²) in [6.07, 6.45) is 1.61. The maximum absolute atomic E-state index is 12.2. The van der Waals surface area contributed by atoms with Gasteiger partial charge in [0.25, 0.3) is 5.56 Å². The zero-order valence-electron chi connectivity index (χ0n) is 16.7. The highest BCUT2D eigenvalue weighted by Gasteiger charge is 2.20. The van der Waals surface area contributed by atoms with Gasteiger partial charge in [-0.1, -0.05) is 30.3 Å². The first-order valence-electron chi connectivity index (χ1n) is 9.62. The standard InChI is InChI=1S/C22H22N6O2/c1-14(2)28-18(29)11-10-17(27-28)19-20(15-7-4-3-5-8-15)25-22(23)26-21(19)24-13-16-9-6-12-30-16/h3-12,14H,13H2,1-2H3,(H3,23,24,25,26). The number of nitrogens with one attached hydrogen (secondary N) is 1. The van der Waals surface area contributed by atoms with Crippen molar-refractivity contribution in [1.29, 1.82) is 0 Å². The zero-order valence-corrected chi connectivity index (χ0v) is 16.7. The third-order valence-corrected chi connectivity index (χ3v) is 4.55. The van der Waals surface area contributed by atoms with Crippen molar-refractivity contribution < 1.29 is 4.42 Å². The van der Waals surface area contributed by atoms with E-state index in [1.807, 2.05) is 56.3 Å². The van der Waals surface area contributed by atoms with Gasteiger partial charge < -0.3 is 15.5 Å². The van der Waals surface area contributed by atoms with Gasteiger partial charge in [0.2, 0.25) is 5.95 Å². The van der Waals surface area contributed by atoms with Gasteiger partial charge in [0.05, 0.1) is 35.8 Å². The molecule has 0 spiro atoms. The van der Waals surface area contributed by atoms with E-state index in [1.165, 1.54) is 10.7 Å². The summed E-state index contributed by atoms with van der Waals surface area (Å²) < 4.78 is 6.86. The molecule has 1 aromatic carbocycles. The molecule has 0 aliphatic heterocycles. The summed E-state index contributed by atoms with van der Waals surface area (Å²) in [6, 6.07) is 16.5. The molecule has 8 heteroatoms. The van der Waals surface area contributed by atoms with Gasteiger partial charge in [-0.05, 0) is 32.0 Å². The van der Waals surface area contributed by atoms with E-state index in [0.717, 1.165) is 11.3 Å². The van der Waals surface area contributed by atoms with Gasteiger partial charge in [-0.3, -0.25) is 4.79 Å². The number of hydrogen-bond donors (Lipinski definition) is 2. The van der Waals surface area contributed by atoms with E-state index in [-0.39, 0.29) is 17.5 Å². The van der Waals surface area contributed by atoms with Crippen molar-refractivity contribution in [2.45, 2.75) is 26.4 Å². The smallest absolute Gasteiger partial charge is 0.267 e. The third kappa shape index (κ3) is 3.93. The van der Waals surface area contributed by atoms with Crippen molar-refractivity contribution in [3.63, 3.8) is 0 Å². The van der Waals surface area contributed by atoms with Crippen LogP contribution in [0.3, 0.4) is 0 Å². The van der Waals surface area contributed by atoms with Gasteiger partial charge >= 0.3 is 0 Å². The first-order valence-corrected chi connectivity index (χ1v) is 9.62. The Kier molecular flexibility index (Phi) is 5.30. The Balaban J connectivity index is 1.91. The van der Waals surface area contributed by atoms with Crippen molar-refractivity contribution in [1.82, 2.24) is 19.7 Å². The molecule has 0 fully saturated rings. The predicted octanol–water partition coefficient (Wildman–Crippen LogP) is 3.74. The Bertz CT molecular complexity index is 1200. The molecule has 0 aliphatic rings. The molecular formula is C22H22N6O2. The Morgan fingerprint density at radius 2 is 1.87 bits per heavy atom. The van der Waals surface area contributed by atoms with Crippen molar-refractivity contribution in [3.8, 4) is 22.5 Å². The number of hydrogen-bond acceptors (Lipinski definition) is 7. The molecule has 4 rings (SSSR count). The second-order valence-corrected chi connectivity index (χ2v) is 7.05. The van der Waals surface area contributed by atoms with Crippen LogP contribution in [0, 0.1) is 0 Å². The Hall–Kier alpha value is -3.94. The minimum absolute atomic E-state index is 0.0909. The van der Waals surface area contributed by atoms with Crippen LogP contribution in [0.25, 0.3) is 22.5 Å². The fourth-order valence-electron chi connectivity index (χ4n) is 3.17. The maximum Gasteiger partial charge on any atom is 0.267 e. The van der Waals surface area contributed by atoms with Crippen LogP contribution in [-0.2, 0) is 6.54 Å². The van der Waals surface area contributed by atoms with Gasteiger partial charge in [-0.15, -0.1) is 0 Å². The SMILES string of the molecule is CC(C)n1nc(-c2c(NCc3ccco3)nc(N)nc2-c2ccccc2)ccc1=O. The highest BCUT2D eigenvalue weighted by Crippen LogP contribution is 2.35. The van der Waals surface area contributed by atoms with Crippen LogP contribution >= 0.6 is 0 Å². The molecule has 0 bridgehead atoms. The molecule has 0 saturated heterocycles. The van der Waals surface area contributed by atoms with E-state index in [4.69, 9.17) is 10.2 Å². The minimum Gasteiger partial charge on any atom is -0.467 e. The molecule has 8 nitrogen and oxygen atoms in total. The van der Waals surface area contributed by atoms with E-state index in [0.29, 0.717) is 29.3 Å². The largest absolute Gasteiger partial charge is 0.467 e. The lowest BCUT2D eigenvalue weighted by molar-refractivity contribution is 0.505. The van der Waals surface area contributed by atoms with E-state index in [9.17, 15) is 4.79 Å². The lowest BCUT2D eigenvalue weighted by atomic mass is 10.0. The fraction of sp³-hybridized carbons (Fsp3) is 0.182. The quantitative estimate of drug-likeness (QED) is 0.505. The van der Waals surface area contributed by atoms with Crippen molar-refractivity contribution >= 4 is 11.8 Å². The minimum atomic E-state index is -0.170.